The number of fused-ring (bicyclic) bond motifs is 13. The highest BCUT2D eigenvalue weighted by Crippen LogP contribution is 2.63. The van der Waals surface area contributed by atoms with Crippen molar-refractivity contribution >= 4 is 48.6 Å². The smallest absolute Gasteiger partial charge is 0.0726 e. The van der Waals surface area contributed by atoms with Crippen LogP contribution in [0.5, 0.6) is 0 Å². The molecule has 2 heteroatoms. The minimum Gasteiger partial charge on any atom is -0.309 e. The Hall–Kier alpha value is -7.00. The second-order valence-corrected chi connectivity index (χ2v) is 16.2. The van der Waals surface area contributed by atoms with Crippen LogP contribution in [0, 0.1) is 0 Å². The minimum absolute atomic E-state index is 0.443. The maximum atomic E-state index is 2.52. The Morgan fingerprint density at radius 2 is 0.825 bits per heavy atom. The normalized spacial score (nSPS) is 13.1. The third kappa shape index (κ3) is 4.56. The van der Waals surface area contributed by atoms with Gasteiger partial charge in [-0.05, 0) is 80.4 Å². The van der Waals surface area contributed by atoms with E-state index in [1.807, 2.05) is 11.3 Å². The summed E-state index contributed by atoms with van der Waals surface area (Å²) >= 11 is 1.89. The fraction of sp³-hybridized carbons (Fsp3) is 0.0182. The molecule has 0 amide bonds. The summed E-state index contributed by atoms with van der Waals surface area (Å²) in [5, 5.41) is 2.61. The Balaban J connectivity index is 1.16. The van der Waals surface area contributed by atoms with Crippen LogP contribution in [0.3, 0.4) is 0 Å². The first-order valence-electron chi connectivity index (χ1n) is 19.7. The Morgan fingerprint density at radius 1 is 0.333 bits per heavy atom. The van der Waals surface area contributed by atoms with Crippen molar-refractivity contribution in [3.63, 3.8) is 0 Å². The van der Waals surface area contributed by atoms with Gasteiger partial charge in [0.1, 0.15) is 0 Å². The van der Waals surface area contributed by atoms with E-state index in [0.717, 1.165) is 17.1 Å². The van der Waals surface area contributed by atoms with E-state index < -0.39 is 5.41 Å². The predicted octanol–water partition coefficient (Wildman–Crippen LogP) is 15.2. The standard InChI is InChI=1S/C55H35NS/c1-2-17-36(18-3-1)38-19-7-13-30-51(38)56(52-31-14-8-23-43(52)45-25-16-26-46-44-24-9-15-32-53(44)57-54(45)46)37-33-34-42-41-22-6-12-29-49(41)55(50(42)35-37)47-27-10-4-20-39(47)40-21-5-11-28-48(40)55/h1-35H. The first-order chi connectivity index (χ1) is 28.3. The van der Waals surface area contributed by atoms with Crippen LogP contribution in [0.15, 0.2) is 212 Å². The van der Waals surface area contributed by atoms with Gasteiger partial charge in [0.25, 0.3) is 0 Å². The van der Waals surface area contributed by atoms with Crippen molar-refractivity contribution in [3.05, 3.63) is 235 Å². The van der Waals surface area contributed by atoms with E-state index in [4.69, 9.17) is 0 Å². The van der Waals surface area contributed by atoms with Gasteiger partial charge >= 0.3 is 0 Å². The quantitative estimate of drug-likeness (QED) is 0.170. The number of rotatable bonds is 5. The maximum absolute atomic E-state index is 2.52. The fourth-order valence-electron chi connectivity index (χ4n) is 10.0. The van der Waals surface area contributed by atoms with E-state index in [0.29, 0.717) is 0 Å². The van der Waals surface area contributed by atoms with Crippen molar-refractivity contribution in [3.8, 4) is 44.5 Å². The van der Waals surface area contributed by atoms with Crippen LogP contribution in [0.2, 0.25) is 0 Å². The molecule has 2 aliphatic rings. The molecule has 1 heterocycles. The van der Waals surface area contributed by atoms with E-state index in [1.165, 1.54) is 86.9 Å². The topological polar surface area (TPSA) is 3.24 Å². The highest BCUT2D eigenvalue weighted by atomic mass is 32.1. The molecule has 0 fully saturated rings. The molecule has 9 aromatic carbocycles. The third-order valence-corrected chi connectivity index (χ3v) is 13.5. The molecule has 10 aromatic rings. The van der Waals surface area contributed by atoms with Crippen molar-refractivity contribution in [1.29, 1.82) is 0 Å². The Morgan fingerprint density at radius 3 is 1.51 bits per heavy atom. The molecule has 1 spiro atoms. The van der Waals surface area contributed by atoms with Crippen molar-refractivity contribution in [2.45, 2.75) is 5.41 Å². The van der Waals surface area contributed by atoms with Crippen LogP contribution in [0.4, 0.5) is 17.1 Å². The van der Waals surface area contributed by atoms with Crippen molar-refractivity contribution < 1.29 is 0 Å². The highest BCUT2D eigenvalue weighted by Gasteiger charge is 2.51. The summed E-state index contributed by atoms with van der Waals surface area (Å²) in [7, 11) is 0. The summed E-state index contributed by atoms with van der Waals surface area (Å²) in [4.78, 5) is 2.52. The van der Waals surface area contributed by atoms with Crippen LogP contribution in [0.1, 0.15) is 22.3 Å². The third-order valence-electron chi connectivity index (χ3n) is 12.3. The fourth-order valence-corrected chi connectivity index (χ4v) is 11.2. The van der Waals surface area contributed by atoms with E-state index in [9.17, 15) is 0 Å². The summed E-state index contributed by atoms with van der Waals surface area (Å²) in [6.45, 7) is 0. The summed E-state index contributed by atoms with van der Waals surface area (Å²) in [5.74, 6) is 0. The molecule has 57 heavy (non-hydrogen) atoms. The molecule has 0 unspecified atom stereocenters. The zero-order valence-electron chi connectivity index (χ0n) is 31.1. The first kappa shape index (κ1) is 32.3. The molecule has 1 aromatic heterocycles. The molecule has 0 N–H and O–H groups in total. The number of benzene rings is 9. The summed E-state index contributed by atoms with van der Waals surface area (Å²) in [5.41, 5.74) is 18.4. The molecule has 1 nitrogen and oxygen atoms in total. The monoisotopic (exact) mass is 741 g/mol. The van der Waals surface area contributed by atoms with E-state index >= 15 is 0 Å². The lowest BCUT2D eigenvalue weighted by molar-refractivity contribution is 0.793. The second kappa shape index (κ2) is 12.5. The van der Waals surface area contributed by atoms with Gasteiger partial charge in [-0.1, -0.05) is 182 Å². The summed E-state index contributed by atoms with van der Waals surface area (Å²) in [6, 6.07) is 78.7. The highest BCUT2D eigenvalue weighted by molar-refractivity contribution is 7.26. The summed E-state index contributed by atoms with van der Waals surface area (Å²) in [6.07, 6.45) is 0. The number of hydrogen-bond acceptors (Lipinski definition) is 2. The molecule has 0 saturated heterocycles. The molecular formula is C55H35NS. The molecule has 0 aliphatic heterocycles. The van der Waals surface area contributed by atoms with Crippen molar-refractivity contribution in [2.24, 2.45) is 0 Å². The van der Waals surface area contributed by atoms with Crippen LogP contribution >= 0.6 is 11.3 Å². The van der Waals surface area contributed by atoms with Crippen molar-refractivity contribution in [2.75, 3.05) is 4.90 Å². The number of anilines is 3. The van der Waals surface area contributed by atoms with Gasteiger partial charge in [-0.25, -0.2) is 0 Å². The number of thiophene rings is 1. The van der Waals surface area contributed by atoms with Gasteiger partial charge in [-0.2, -0.15) is 0 Å². The predicted molar refractivity (Wildman–Crippen MR) is 241 cm³/mol. The number of nitrogens with zero attached hydrogens (tertiary/aromatic N) is 1. The van der Waals surface area contributed by atoms with Gasteiger partial charge in [0.15, 0.2) is 0 Å². The molecular weight excluding hydrogens is 707 g/mol. The van der Waals surface area contributed by atoms with Crippen LogP contribution in [-0.4, -0.2) is 0 Å². The Bertz CT molecular complexity index is 3140. The zero-order valence-corrected chi connectivity index (χ0v) is 31.9. The molecule has 0 radical (unpaired) electrons. The SMILES string of the molecule is c1ccc(-c2ccccc2N(c2ccc3c(c2)C2(c4ccccc4-c4ccccc42)c2ccccc2-3)c2ccccc2-c2cccc3c2sc2ccccc23)cc1. The second-order valence-electron chi connectivity index (χ2n) is 15.1. The maximum Gasteiger partial charge on any atom is 0.0726 e. The largest absolute Gasteiger partial charge is 0.309 e. The van der Waals surface area contributed by atoms with Gasteiger partial charge in [-0.15, -0.1) is 11.3 Å². The van der Waals surface area contributed by atoms with Gasteiger partial charge in [-0.3, -0.25) is 0 Å². The Labute approximate surface area is 336 Å². The van der Waals surface area contributed by atoms with E-state index in [2.05, 4.69) is 217 Å². The van der Waals surface area contributed by atoms with Gasteiger partial charge in [0.2, 0.25) is 0 Å². The van der Waals surface area contributed by atoms with Crippen LogP contribution in [-0.2, 0) is 5.41 Å². The average molecular weight is 742 g/mol. The van der Waals surface area contributed by atoms with Gasteiger partial charge in [0, 0.05) is 42.6 Å². The summed E-state index contributed by atoms with van der Waals surface area (Å²) < 4.78 is 2.62. The number of para-hydroxylation sites is 2. The average Bonchev–Trinajstić information content (AvgIpc) is 3.91. The van der Waals surface area contributed by atoms with Crippen LogP contribution in [0.25, 0.3) is 64.7 Å². The zero-order chi connectivity index (χ0) is 37.5. The molecule has 266 valence electrons. The molecule has 0 atom stereocenters. The van der Waals surface area contributed by atoms with E-state index in [-0.39, 0.29) is 0 Å². The molecule has 0 saturated carbocycles. The molecule has 2 aliphatic carbocycles. The van der Waals surface area contributed by atoms with E-state index in [1.54, 1.807) is 0 Å². The van der Waals surface area contributed by atoms with Crippen molar-refractivity contribution in [1.82, 2.24) is 0 Å². The minimum atomic E-state index is -0.443. The molecule has 12 rings (SSSR count). The first-order valence-corrected chi connectivity index (χ1v) is 20.5. The molecule has 0 bridgehead atoms. The van der Waals surface area contributed by atoms with Crippen LogP contribution < -0.4 is 4.90 Å². The Kier molecular flexibility index (Phi) is 7.08. The lowest BCUT2D eigenvalue weighted by Gasteiger charge is -2.33. The van der Waals surface area contributed by atoms with Gasteiger partial charge < -0.3 is 4.90 Å². The number of hydrogen-bond donors (Lipinski definition) is 0. The van der Waals surface area contributed by atoms with Gasteiger partial charge in [0.05, 0.1) is 16.8 Å². The lowest BCUT2D eigenvalue weighted by Crippen LogP contribution is -2.26. The lowest BCUT2D eigenvalue weighted by atomic mass is 9.70.